The predicted octanol–water partition coefficient (Wildman–Crippen LogP) is 2.06. The molecule has 0 radical (unpaired) electrons. The maximum Gasteiger partial charge on any atom is 0.322 e. The second kappa shape index (κ2) is 7.36. The van der Waals surface area contributed by atoms with E-state index in [1.165, 1.54) is 21.3 Å². The number of benzene rings is 1. The van der Waals surface area contributed by atoms with Gasteiger partial charge in [0, 0.05) is 24.4 Å². The summed E-state index contributed by atoms with van der Waals surface area (Å²) in [5, 5.41) is 14.5. The third-order valence-electron chi connectivity index (χ3n) is 3.78. The molecule has 0 unspecified atom stereocenters. The molecule has 0 saturated heterocycles. The first-order chi connectivity index (χ1) is 13.0. The number of rotatable bonds is 6. The lowest BCUT2D eigenvalue weighted by atomic mass is 10.2. The van der Waals surface area contributed by atoms with Crippen LogP contribution < -0.4 is 19.5 Å². The summed E-state index contributed by atoms with van der Waals surface area (Å²) in [6.07, 6.45) is 1.74. The van der Waals surface area contributed by atoms with Crippen molar-refractivity contribution in [3.63, 3.8) is 0 Å². The van der Waals surface area contributed by atoms with E-state index in [0.717, 1.165) is 5.56 Å². The Kier molecular flexibility index (Phi) is 4.97. The third-order valence-corrected chi connectivity index (χ3v) is 3.78. The number of ether oxygens (including phenoxy) is 3. The molecule has 1 aromatic carbocycles. The van der Waals surface area contributed by atoms with Crippen molar-refractivity contribution in [3.05, 3.63) is 29.6 Å². The second-order valence-electron chi connectivity index (χ2n) is 5.61. The van der Waals surface area contributed by atoms with E-state index in [-0.39, 0.29) is 17.6 Å². The Bertz CT molecular complexity index is 953. The standard InChI is InChI=1S/C17H19N5O5/c1-9-8-22(2)21-13(9)15(23)18-17-20-19-16(27-17)10-6-11(24-3)14(26-5)12(7-10)25-4/h6-8H,1-5H3,(H,18,20,23). The van der Waals surface area contributed by atoms with Crippen molar-refractivity contribution in [1.82, 2.24) is 20.0 Å². The first-order valence-electron chi connectivity index (χ1n) is 7.92. The molecule has 10 nitrogen and oxygen atoms in total. The highest BCUT2D eigenvalue weighted by molar-refractivity contribution is 6.02. The van der Waals surface area contributed by atoms with Crippen LogP contribution in [0.2, 0.25) is 0 Å². The topological polar surface area (TPSA) is 114 Å². The van der Waals surface area contributed by atoms with Crippen molar-refractivity contribution in [2.24, 2.45) is 7.05 Å². The van der Waals surface area contributed by atoms with E-state index < -0.39 is 5.91 Å². The van der Waals surface area contributed by atoms with Gasteiger partial charge in [-0.05, 0) is 19.1 Å². The summed E-state index contributed by atoms with van der Waals surface area (Å²) in [7, 11) is 6.27. The number of anilines is 1. The van der Waals surface area contributed by atoms with Gasteiger partial charge < -0.3 is 18.6 Å². The van der Waals surface area contributed by atoms with Crippen LogP contribution >= 0.6 is 0 Å². The molecule has 0 saturated carbocycles. The van der Waals surface area contributed by atoms with Gasteiger partial charge in [0.2, 0.25) is 11.6 Å². The molecule has 10 heteroatoms. The number of nitrogens with zero attached hydrogens (tertiary/aromatic N) is 4. The van der Waals surface area contributed by atoms with E-state index >= 15 is 0 Å². The minimum atomic E-state index is -0.437. The molecule has 1 amide bonds. The number of aromatic nitrogens is 4. The van der Waals surface area contributed by atoms with Crippen LogP contribution in [0.1, 0.15) is 16.1 Å². The van der Waals surface area contributed by atoms with Crippen molar-refractivity contribution < 1.29 is 23.4 Å². The highest BCUT2D eigenvalue weighted by atomic mass is 16.5. The average molecular weight is 373 g/mol. The minimum Gasteiger partial charge on any atom is -0.493 e. The molecule has 0 spiro atoms. The normalized spacial score (nSPS) is 10.6. The monoisotopic (exact) mass is 373 g/mol. The number of amides is 1. The molecule has 0 atom stereocenters. The van der Waals surface area contributed by atoms with Crippen molar-refractivity contribution >= 4 is 11.9 Å². The van der Waals surface area contributed by atoms with Gasteiger partial charge in [0.1, 0.15) is 0 Å². The smallest absolute Gasteiger partial charge is 0.322 e. The summed E-state index contributed by atoms with van der Waals surface area (Å²) in [5.41, 5.74) is 1.57. The van der Waals surface area contributed by atoms with E-state index in [4.69, 9.17) is 18.6 Å². The van der Waals surface area contributed by atoms with Crippen molar-refractivity contribution in [2.75, 3.05) is 26.6 Å². The number of hydrogen-bond acceptors (Lipinski definition) is 8. The first kappa shape index (κ1) is 18.2. The summed E-state index contributed by atoms with van der Waals surface area (Å²) >= 11 is 0. The lowest BCUT2D eigenvalue weighted by molar-refractivity contribution is 0.101. The van der Waals surface area contributed by atoms with Gasteiger partial charge in [-0.15, -0.1) is 5.10 Å². The first-order valence-corrected chi connectivity index (χ1v) is 7.92. The van der Waals surface area contributed by atoms with Crippen LogP contribution in [0.15, 0.2) is 22.7 Å². The van der Waals surface area contributed by atoms with Crippen LogP contribution in [0.25, 0.3) is 11.5 Å². The highest BCUT2D eigenvalue weighted by Gasteiger charge is 2.20. The fourth-order valence-electron chi connectivity index (χ4n) is 2.58. The summed E-state index contributed by atoms with van der Waals surface area (Å²) in [4.78, 5) is 12.3. The number of carbonyl (C=O) groups is 1. The fraction of sp³-hybridized carbons (Fsp3) is 0.294. The van der Waals surface area contributed by atoms with Crippen LogP contribution in [0.3, 0.4) is 0 Å². The zero-order valence-electron chi connectivity index (χ0n) is 15.6. The van der Waals surface area contributed by atoms with Crippen molar-refractivity contribution in [1.29, 1.82) is 0 Å². The Morgan fingerprint density at radius 1 is 1.11 bits per heavy atom. The number of methoxy groups -OCH3 is 3. The molecule has 1 N–H and O–H groups in total. The quantitative estimate of drug-likeness (QED) is 0.698. The maximum absolute atomic E-state index is 12.3. The molecular weight excluding hydrogens is 354 g/mol. The van der Waals surface area contributed by atoms with Crippen LogP contribution in [0.5, 0.6) is 17.2 Å². The Labute approximate surface area is 155 Å². The molecule has 0 aliphatic heterocycles. The number of carbonyl (C=O) groups excluding carboxylic acids is 1. The van der Waals surface area contributed by atoms with E-state index in [9.17, 15) is 4.79 Å². The lowest BCUT2D eigenvalue weighted by Gasteiger charge is -2.12. The maximum atomic E-state index is 12.3. The van der Waals surface area contributed by atoms with Crippen LogP contribution in [-0.4, -0.2) is 47.2 Å². The average Bonchev–Trinajstić information content (AvgIpc) is 3.26. The molecule has 3 rings (SSSR count). The Morgan fingerprint density at radius 3 is 2.30 bits per heavy atom. The van der Waals surface area contributed by atoms with Gasteiger partial charge in [0.25, 0.3) is 5.91 Å². The summed E-state index contributed by atoms with van der Waals surface area (Å²) in [6.45, 7) is 1.79. The number of hydrogen-bond donors (Lipinski definition) is 1. The minimum absolute atomic E-state index is 0.0474. The molecule has 2 aromatic heterocycles. The highest BCUT2D eigenvalue weighted by Crippen LogP contribution is 2.41. The molecule has 142 valence electrons. The summed E-state index contributed by atoms with van der Waals surface area (Å²) in [6, 6.07) is 3.29. The Balaban J connectivity index is 1.87. The van der Waals surface area contributed by atoms with E-state index in [1.54, 1.807) is 37.0 Å². The summed E-state index contributed by atoms with van der Waals surface area (Å²) < 4.78 is 23.0. The van der Waals surface area contributed by atoms with Gasteiger partial charge in [-0.25, -0.2) is 0 Å². The largest absolute Gasteiger partial charge is 0.493 e. The van der Waals surface area contributed by atoms with Gasteiger partial charge in [0.15, 0.2) is 17.2 Å². The number of nitrogens with one attached hydrogen (secondary N) is 1. The van der Waals surface area contributed by atoms with Crippen molar-refractivity contribution in [2.45, 2.75) is 6.92 Å². The summed E-state index contributed by atoms with van der Waals surface area (Å²) in [5.74, 6) is 1.08. The van der Waals surface area contributed by atoms with Crippen LogP contribution in [-0.2, 0) is 7.05 Å². The van der Waals surface area contributed by atoms with Gasteiger partial charge in [-0.2, -0.15) is 5.10 Å². The Hall–Kier alpha value is -3.56. The van der Waals surface area contributed by atoms with E-state index in [2.05, 4.69) is 20.6 Å². The van der Waals surface area contributed by atoms with Gasteiger partial charge in [-0.1, -0.05) is 5.10 Å². The number of aryl methyl sites for hydroxylation is 2. The molecule has 3 aromatic rings. The van der Waals surface area contributed by atoms with Crippen LogP contribution in [0.4, 0.5) is 6.01 Å². The molecule has 0 fully saturated rings. The third kappa shape index (κ3) is 3.54. The SMILES string of the molecule is COc1cc(-c2nnc(NC(=O)c3nn(C)cc3C)o2)cc(OC)c1OC. The zero-order valence-corrected chi connectivity index (χ0v) is 15.6. The molecular formula is C17H19N5O5. The van der Waals surface area contributed by atoms with Gasteiger partial charge in [0.05, 0.1) is 21.3 Å². The van der Waals surface area contributed by atoms with E-state index in [0.29, 0.717) is 22.8 Å². The second-order valence-corrected chi connectivity index (χ2v) is 5.61. The van der Waals surface area contributed by atoms with Gasteiger partial charge >= 0.3 is 6.01 Å². The molecule has 27 heavy (non-hydrogen) atoms. The lowest BCUT2D eigenvalue weighted by Crippen LogP contribution is -2.14. The zero-order chi connectivity index (χ0) is 19.6. The molecule has 2 heterocycles. The molecule has 0 aliphatic carbocycles. The Morgan fingerprint density at radius 2 is 1.78 bits per heavy atom. The van der Waals surface area contributed by atoms with E-state index in [1.807, 2.05) is 0 Å². The fourth-order valence-corrected chi connectivity index (χ4v) is 2.58. The van der Waals surface area contributed by atoms with Crippen LogP contribution in [0, 0.1) is 6.92 Å². The van der Waals surface area contributed by atoms with Gasteiger partial charge in [-0.3, -0.25) is 14.8 Å². The van der Waals surface area contributed by atoms with Crippen molar-refractivity contribution in [3.8, 4) is 28.7 Å². The molecule has 0 bridgehead atoms. The predicted molar refractivity (Wildman–Crippen MR) is 95.3 cm³/mol. The molecule has 0 aliphatic rings.